The molecule has 2 N–H and O–H groups in total. The Balaban J connectivity index is 1.72. The molecule has 0 saturated carbocycles. The summed E-state index contributed by atoms with van der Waals surface area (Å²) in [5, 5.41) is 2.80. The van der Waals surface area contributed by atoms with Gasteiger partial charge in [0.25, 0.3) is 5.91 Å². The van der Waals surface area contributed by atoms with Crippen LogP contribution in [-0.4, -0.2) is 29.0 Å². The number of aromatic nitrogens is 2. The fourth-order valence-electron chi connectivity index (χ4n) is 1.68. The van der Waals surface area contributed by atoms with Crippen LogP contribution in [0.15, 0.2) is 35.2 Å². The van der Waals surface area contributed by atoms with Crippen LogP contribution in [0, 0.1) is 6.92 Å². The lowest BCUT2D eigenvalue weighted by Crippen LogP contribution is -2.30. The third kappa shape index (κ3) is 4.38. The highest BCUT2D eigenvalue weighted by molar-refractivity contribution is 9.10. The zero-order valence-electron chi connectivity index (χ0n) is 11.1. The Morgan fingerprint density at radius 3 is 3.05 bits per heavy atom. The fraction of sp³-hybridized carbons (Fsp3) is 0.286. The first kappa shape index (κ1) is 14.6. The molecule has 0 aliphatic rings. The lowest BCUT2D eigenvalue weighted by Gasteiger charge is -2.09. The number of aromatic amines is 1. The van der Waals surface area contributed by atoms with Crippen molar-refractivity contribution in [3.05, 3.63) is 46.5 Å². The minimum Gasteiger partial charge on any atom is -0.483 e. The molecule has 2 rings (SSSR count). The summed E-state index contributed by atoms with van der Waals surface area (Å²) in [6, 6.07) is 5.74. The molecule has 0 aliphatic carbocycles. The van der Waals surface area contributed by atoms with Gasteiger partial charge in [0.05, 0.1) is 10.8 Å². The van der Waals surface area contributed by atoms with E-state index in [4.69, 9.17) is 4.74 Å². The van der Waals surface area contributed by atoms with Gasteiger partial charge in [-0.15, -0.1) is 0 Å². The summed E-state index contributed by atoms with van der Waals surface area (Å²) < 4.78 is 6.31. The van der Waals surface area contributed by atoms with Crippen molar-refractivity contribution in [3.8, 4) is 5.75 Å². The summed E-state index contributed by atoms with van der Waals surface area (Å²) in [7, 11) is 0. The highest BCUT2D eigenvalue weighted by Gasteiger charge is 2.05. The van der Waals surface area contributed by atoms with Crippen LogP contribution >= 0.6 is 15.9 Å². The molecule has 20 heavy (non-hydrogen) atoms. The first-order valence-corrected chi connectivity index (χ1v) is 7.07. The molecule has 0 atom stereocenters. The van der Waals surface area contributed by atoms with E-state index in [0.717, 1.165) is 22.2 Å². The van der Waals surface area contributed by atoms with Crippen LogP contribution in [0.25, 0.3) is 0 Å². The molecule has 1 aromatic carbocycles. The molecule has 5 nitrogen and oxygen atoms in total. The maximum atomic E-state index is 11.6. The monoisotopic (exact) mass is 337 g/mol. The highest BCUT2D eigenvalue weighted by atomic mass is 79.9. The second-order valence-electron chi connectivity index (χ2n) is 4.40. The Hall–Kier alpha value is -1.82. The second-order valence-corrected chi connectivity index (χ2v) is 5.25. The van der Waals surface area contributed by atoms with Crippen LogP contribution in [0.1, 0.15) is 11.3 Å². The van der Waals surface area contributed by atoms with Crippen molar-refractivity contribution in [1.29, 1.82) is 0 Å². The molecule has 0 unspecified atom stereocenters. The van der Waals surface area contributed by atoms with Crippen molar-refractivity contribution in [2.45, 2.75) is 13.3 Å². The molecular formula is C14H16BrN3O2. The number of halogens is 1. The summed E-state index contributed by atoms with van der Waals surface area (Å²) in [5.41, 5.74) is 2.13. The number of carbonyl (C=O) groups is 1. The molecule has 0 bridgehead atoms. The van der Waals surface area contributed by atoms with Crippen molar-refractivity contribution in [2.75, 3.05) is 13.2 Å². The first-order valence-electron chi connectivity index (χ1n) is 6.28. The fourth-order valence-corrected chi connectivity index (χ4v) is 2.28. The minimum atomic E-state index is -0.142. The summed E-state index contributed by atoms with van der Waals surface area (Å²) in [4.78, 5) is 18.5. The Bertz CT molecular complexity index is 570. The predicted molar refractivity (Wildman–Crippen MR) is 79.7 cm³/mol. The van der Waals surface area contributed by atoms with Crippen molar-refractivity contribution in [2.24, 2.45) is 0 Å². The number of hydrogen-bond donors (Lipinski definition) is 2. The van der Waals surface area contributed by atoms with Gasteiger partial charge in [0.15, 0.2) is 6.61 Å². The molecule has 1 aromatic heterocycles. The summed E-state index contributed by atoms with van der Waals surface area (Å²) in [6.07, 6.45) is 4.08. The molecule has 6 heteroatoms. The number of nitrogens with zero attached hydrogens (tertiary/aromatic N) is 1. The van der Waals surface area contributed by atoms with E-state index in [-0.39, 0.29) is 12.5 Å². The third-order valence-electron chi connectivity index (χ3n) is 2.72. The van der Waals surface area contributed by atoms with Gasteiger partial charge >= 0.3 is 0 Å². The lowest BCUT2D eigenvalue weighted by atomic mass is 10.2. The molecular weight excluding hydrogens is 322 g/mol. The SMILES string of the molecule is Cc1ccc(OCC(=O)NCCc2cnc[nH]2)c(Br)c1. The largest absolute Gasteiger partial charge is 0.483 e. The van der Waals surface area contributed by atoms with Crippen LogP contribution in [-0.2, 0) is 11.2 Å². The minimum absolute atomic E-state index is 0.00460. The van der Waals surface area contributed by atoms with Crippen molar-refractivity contribution >= 4 is 21.8 Å². The molecule has 1 amide bonds. The number of carbonyl (C=O) groups excluding carboxylic acids is 1. The van der Waals surface area contributed by atoms with Crippen LogP contribution in [0.4, 0.5) is 0 Å². The van der Waals surface area contributed by atoms with Crippen LogP contribution in [0.3, 0.4) is 0 Å². The number of benzene rings is 1. The Labute approximate surface area is 125 Å². The van der Waals surface area contributed by atoms with Crippen LogP contribution in [0.5, 0.6) is 5.75 Å². The first-order chi connectivity index (χ1) is 9.65. The average molecular weight is 338 g/mol. The average Bonchev–Trinajstić information content (AvgIpc) is 2.91. The van der Waals surface area contributed by atoms with Gasteiger partial charge in [0, 0.05) is 24.9 Å². The number of aryl methyl sites for hydroxylation is 1. The number of H-pyrrole nitrogens is 1. The zero-order chi connectivity index (χ0) is 14.4. The van der Waals surface area contributed by atoms with Crippen LogP contribution < -0.4 is 10.1 Å². The molecule has 2 aromatic rings. The smallest absolute Gasteiger partial charge is 0.257 e. The van der Waals surface area contributed by atoms with Gasteiger partial charge in [-0.05, 0) is 40.5 Å². The number of imidazole rings is 1. The molecule has 0 radical (unpaired) electrons. The van der Waals surface area contributed by atoms with E-state index in [1.165, 1.54) is 0 Å². The topological polar surface area (TPSA) is 67.0 Å². The quantitative estimate of drug-likeness (QED) is 0.849. The van der Waals surface area contributed by atoms with Gasteiger partial charge in [0.1, 0.15) is 5.75 Å². The van der Waals surface area contributed by atoms with E-state index in [9.17, 15) is 4.79 Å². The molecule has 0 spiro atoms. The third-order valence-corrected chi connectivity index (χ3v) is 3.34. The molecule has 0 fully saturated rings. The van der Waals surface area contributed by atoms with Gasteiger partial charge in [-0.25, -0.2) is 4.98 Å². The van der Waals surface area contributed by atoms with Gasteiger partial charge in [-0.1, -0.05) is 6.07 Å². The number of hydrogen-bond acceptors (Lipinski definition) is 3. The Morgan fingerprint density at radius 1 is 1.50 bits per heavy atom. The standard InChI is InChI=1S/C14H16BrN3O2/c1-10-2-3-13(12(15)6-10)20-8-14(19)17-5-4-11-7-16-9-18-11/h2-3,6-7,9H,4-5,8H2,1H3,(H,16,18)(H,17,19). The Kier molecular flexibility index (Phi) is 5.17. The van der Waals surface area contributed by atoms with E-state index in [0.29, 0.717) is 12.3 Å². The Morgan fingerprint density at radius 2 is 2.35 bits per heavy atom. The van der Waals surface area contributed by atoms with E-state index < -0.39 is 0 Å². The predicted octanol–water partition coefficient (Wildman–Crippen LogP) is 2.22. The number of rotatable bonds is 6. The van der Waals surface area contributed by atoms with Gasteiger partial charge in [-0.2, -0.15) is 0 Å². The molecule has 0 aliphatic heterocycles. The normalized spacial score (nSPS) is 10.3. The number of nitrogens with one attached hydrogen (secondary N) is 2. The maximum absolute atomic E-state index is 11.6. The van der Waals surface area contributed by atoms with E-state index in [1.807, 2.05) is 25.1 Å². The summed E-state index contributed by atoms with van der Waals surface area (Å²) in [5.74, 6) is 0.524. The molecule has 0 saturated heterocycles. The maximum Gasteiger partial charge on any atom is 0.257 e. The summed E-state index contributed by atoms with van der Waals surface area (Å²) >= 11 is 3.41. The van der Waals surface area contributed by atoms with E-state index in [1.54, 1.807) is 12.5 Å². The number of amides is 1. The van der Waals surface area contributed by atoms with E-state index in [2.05, 4.69) is 31.2 Å². The molecule has 1 heterocycles. The number of ether oxygens (including phenoxy) is 1. The highest BCUT2D eigenvalue weighted by Crippen LogP contribution is 2.25. The summed E-state index contributed by atoms with van der Waals surface area (Å²) in [6.45, 7) is 2.56. The zero-order valence-corrected chi connectivity index (χ0v) is 12.7. The van der Waals surface area contributed by atoms with E-state index >= 15 is 0 Å². The van der Waals surface area contributed by atoms with Crippen molar-refractivity contribution in [1.82, 2.24) is 15.3 Å². The van der Waals surface area contributed by atoms with Gasteiger partial charge < -0.3 is 15.0 Å². The molecule has 106 valence electrons. The lowest BCUT2D eigenvalue weighted by molar-refractivity contribution is -0.123. The second kappa shape index (κ2) is 7.09. The van der Waals surface area contributed by atoms with Crippen molar-refractivity contribution < 1.29 is 9.53 Å². The van der Waals surface area contributed by atoms with Gasteiger partial charge in [-0.3, -0.25) is 4.79 Å². The van der Waals surface area contributed by atoms with Gasteiger partial charge in [0.2, 0.25) is 0 Å². The van der Waals surface area contributed by atoms with Crippen LogP contribution in [0.2, 0.25) is 0 Å². The van der Waals surface area contributed by atoms with Crippen molar-refractivity contribution in [3.63, 3.8) is 0 Å².